The van der Waals surface area contributed by atoms with E-state index < -0.39 is 16.9 Å². The zero-order valence-corrected chi connectivity index (χ0v) is 12.1. The molecule has 1 aromatic heterocycles. The molecule has 2 rings (SSSR count). The highest BCUT2D eigenvalue weighted by Crippen LogP contribution is 2.34. The Labute approximate surface area is 121 Å². The van der Waals surface area contributed by atoms with E-state index in [9.17, 15) is 14.9 Å². The fourth-order valence-electron chi connectivity index (χ4n) is 2.66. The fraction of sp³-hybridized carbons (Fsp3) is 0.357. The Kier molecular flexibility index (Phi) is 3.69. The number of nitro groups is 1. The molecule has 1 aromatic carbocycles. The fourth-order valence-corrected chi connectivity index (χ4v) is 2.66. The normalized spacial score (nSPS) is 12.6. The number of nitrogens with two attached hydrogens (primary N) is 1. The maximum Gasteiger partial charge on any atom is 0.320 e. The summed E-state index contributed by atoms with van der Waals surface area (Å²) in [5.74, 6) is -1.09. The average Bonchev–Trinajstić information content (AvgIpc) is 2.65. The summed E-state index contributed by atoms with van der Waals surface area (Å²) < 4.78 is 1.73. The van der Waals surface area contributed by atoms with E-state index >= 15 is 0 Å². The number of rotatable bonds is 4. The van der Waals surface area contributed by atoms with E-state index in [1.165, 1.54) is 6.07 Å². The van der Waals surface area contributed by atoms with Crippen LogP contribution in [0.4, 0.5) is 5.69 Å². The van der Waals surface area contributed by atoms with Crippen LogP contribution in [0, 0.1) is 24.0 Å². The summed E-state index contributed by atoms with van der Waals surface area (Å²) in [6.07, 6.45) is 0.139. The molecule has 1 atom stereocenters. The minimum absolute atomic E-state index is 0.0105. The number of nitro benzene ring substituents is 1. The summed E-state index contributed by atoms with van der Waals surface area (Å²) in [6.45, 7) is 3.66. The Morgan fingerprint density at radius 3 is 2.62 bits per heavy atom. The third-order valence-corrected chi connectivity index (χ3v) is 3.88. The molecule has 0 saturated heterocycles. The van der Waals surface area contributed by atoms with Crippen LogP contribution < -0.4 is 5.73 Å². The minimum atomic E-state index is -1.09. The first-order valence-corrected chi connectivity index (χ1v) is 6.46. The Hall–Kier alpha value is -2.41. The molecule has 0 radical (unpaired) electrons. The van der Waals surface area contributed by atoms with Gasteiger partial charge in [0.2, 0.25) is 0 Å². The van der Waals surface area contributed by atoms with Crippen LogP contribution >= 0.6 is 0 Å². The molecule has 0 aliphatic rings. The van der Waals surface area contributed by atoms with Crippen LogP contribution in [0.2, 0.25) is 0 Å². The van der Waals surface area contributed by atoms with Crippen molar-refractivity contribution in [3.63, 3.8) is 0 Å². The molecule has 112 valence electrons. The van der Waals surface area contributed by atoms with Crippen molar-refractivity contribution < 1.29 is 14.8 Å². The Bertz CT molecular complexity index is 748. The molecule has 0 bridgehead atoms. The molecule has 3 N–H and O–H groups in total. The molecule has 0 fully saturated rings. The van der Waals surface area contributed by atoms with Crippen LogP contribution in [0.5, 0.6) is 0 Å². The van der Waals surface area contributed by atoms with Gasteiger partial charge in [-0.1, -0.05) is 6.07 Å². The van der Waals surface area contributed by atoms with Crippen molar-refractivity contribution in [2.75, 3.05) is 0 Å². The first-order chi connectivity index (χ1) is 9.75. The van der Waals surface area contributed by atoms with Crippen molar-refractivity contribution in [3.8, 4) is 0 Å². The molecule has 0 aliphatic carbocycles. The number of carboxylic acids is 1. The van der Waals surface area contributed by atoms with E-state index in [1.54, 1.807) is 17.7 Å². The number of benzene rings is 1. The summed E-state index contributed by atoms with van der Waals surface area (Å²) >= 11 is 0. The predicted octanol–water partition coefficient (Wildman–Crippen LogP) is 1.66. The second-order valence-electron chi connectivity index (χ2n) is 5.15. The summed E-state index contributed by atoms with van der Waals surface area (Å²) in [5, 5.41) is 20.9. The van der Waals surface area contributed by atoms with Gasteiger partial charge in [0.1, 0.15) is 11.6 Å². The standard InChI is InChI=1S/C14H17N3O4/c1-7-4-5-11(17(20)21)13-12(7)9(8(2)16(13)3)6-10(15)14(18)19/h4-5,10H,6,15H2,1-3H3,(H,18,19). The Morgan fingerprint density at radius 1 is 1.48 bits per heavy atom. The highest BCUT2D eigenvalue weighted by Gasteiger charge is 2.24. The molecule has 0 spiro atoms. The lowest BCUT2D eigenvalue weighted by atomic mass is 9.99. The maximum absolute atomic E-state index is 11.2. The highest BCUT2D eigenvalue weighted by molar-refractivity contribution is 5.95. The summed E-state index contributed by atoms with van der Waals surface area (Å²) in [5.41, 5.74) is 8.55. The Morgan fingerprint density at radius 2 is 2.10 bits per heavy atom. The Balaban J connectivity index is 2.78. The molecule has 2 aromatic rings. The van der Waals surface area contributed by atoms with Crippen LogP contribution in [0.25, 0.3) is 10.9 Å². The van der Waals surface area contributed by atoms with Crippen molar-refractivity contribution in [1.82, 2.24) is 4.57 Å². The van der Waals surface area contributed by atoms with Crippen molar-refractivity contribution in [2.45, 2.75) is 26.3 Å². The second kappa shape index (κ2) is 5.17. The number of carboxylic acid groups (broad SMARTS) is 1. The SMILES string of the molecule is Cc1ccc([N+](=O)[O-])c2c1c(CC(N)C(=O)O)c(C)n2C. The highest BCUT2D eigenvalue weighted by atomic mass is 16.6. The van der Waals surface area contributed by atoms with Crippen molar-refractivity contribution in [3.05, 3.63) is 39.1 Å². The van der Waals surface area contributed by atoms with Crippen LogP contribution in [0.1, 0.15) is 16.8 Å². The third kappa shape index (κ3) is 2.36. The van der Waals surface area contributed by atoms with Gasteiger partial charge in [0.15, 0.2) is 0 Å². The van der Waals surface area contributed by atoms with E-state index in [4.69, 9.17) is 10.8 Å². The lowest BCUT2D eigenvalue weighted by molar-refractivity contribution is -0.383. The van der Waals surface area contributed by atoms with E-state index in [-0.39, 0.29) is 12.1 Å². The molecule has 21 heavy (non-hydrogen) atoms. The lowest BCUT2D eigenvalue weighted by Crippen LogP contribution is -2.32. The quantitative estimate of drug-likeness (QED) is 0.657. The van der Waals surface area contributed by atoms with Gasteiger partial charge >= 0.3 is 5.97 Å². The van der Waals surface area contributed by atoms with Crippen molar-refractivity contribution >= 4 is 22.6 Å². The van der Waals surface area contributed by atoms with Gasteiger partial charge in [0.05, 0.1) is 4.92 Å². The molecule has 0 saturated carbocycles. The van der Waals surface area contributed by atoms with Gasteiger partial charge in [0, 0.05) is 30.6 Å². The topological polar surface area (TPSA) is 111 Å². The number of fused-ring (bicyclic) bond motifs is 1. The monoisotopic (exact) mass is 291 g/mol. The van der Waals surface area contributed by atoms with Gasteiger partial charge in [-0.2, -0.15) is 0 Å². The van der Waals surface area contributed by atoms with Crippen molar-refractivity contribution in [2.24, 2.45) is 12.8 Å². The molecule has 7 heteroatoms. The average molecular weight is 291 g/mol. The molecule has 1 unspecified atom stereocenters. The maximum atomic E-state index is 11.2. The van der Waals surface area contributed by atoms with Crippen LogP contribution in [-0.4, -0.2) is 26.6 Å². The first-order valence-electron chi connectivity index (χ1n) is 6.46. The van der Waals surface area contributed by atoms with E-state index in [1.807, 2.05) is 13.8 Å². The van der Waals surface area contributed by atoms with E-state index in [2.05, 4.69) is 0 Å². The van der Waals surface area contributed by atoms with Crippen LogP contribution in [0.15, 0.2) is 12.1 Å². The number of carbonyl (C=O) groups is 1. The molecule has 0 amide bonds. The summed E-state index contributed by atoms with van der Waals surface area (Å²) in [7, 11) is 1.74. The molecular formula is C14H17N3O4. The zero-order chi connectivity index (χ0) is 15.9. The predicted molar refractivity (Wildman–Crippen MR) is 78.4 cm³/mol. The van der Waals surface area contributed by atoms with Crippen LogP contribution in [-0.2, 0) is 18.3 Å². The zero-order valence-electron chi connectivity index (χ0n) is 12.1. The van der Waals surface area contributed by atoms with Gasteiger partial charge in [-0.05, 0) is 25.0 Å². The second-order valence-corrected chi connectivity index (χ2v) is 5.15. The summed E-state index contributed by atoms with van der Waals surface area (Å²) in [6, 6.07) is 2.11. The number of non-ortho nitro benzene ring substituents is 1. The third-order valence-electron chi connectivity index (χ3n) is 3.88. The van der Waals surface area contributed by atoms with Gasteiger partial charge in [-0.25, -0.2) is 0 Å². The molecule has 7 nitrogen and oxygen atoms in total. The number of hydrogen-bond donors (Lipinski definition) is 2. The lowest BCUT2D eigenvalue weighted by Gasteiger charge is -2.08. The van der Waals surface area contributed by atoms with Crippen molar-refractivity contribution in [1.29, 1.82) is 0 Å². The van der Waals surface area contributed by atoms with Gasteiger partial charge in [0.25, 0.3) is 5.69 Å². The smallest absolute Gasteiger partial charge is 0.320 e. The first kappa shape index (κ1) is 15.0. The number of aliphatic carboxylic acids is 1. The van der Waals surface area contributed by atoms with E-state index in [0.29, 0.717) is 5.52 Å². The minimum Gasteiger partial charge on any atom is -0.480 e. The van der Waals surface area contributed by atoms with Crippen LogP contribution in [0.3, 0.4) is 0 Å². The van der Waals surface area contributed by atoms with E-state index in [0.717, 1.165) is 22.2 Å². The molecule has 1 heterocycles. The largest absolute Gasteiger partial charge is 0.480 e. The number of nitrogens with zero attached hydrogens (tertiary/aromatic N) is 2. The van der Waals surface area contributed by atoms with Gasteiger partial charge in [-0.15, -0.1) is 0 Å². The molecular weight excluding hydrogens is 274 g/mol. The number of aryl methyl sites for hydroxylation is 2. The number of aromatic nitrogens is 1. The molecule has 0 aliphatic heterocycles. The van der Waals surface area contributed by atoms with Gasteiger partial charge in [-0.3, -0.25) is 14.9 Å². The number of hydrogen-bond acceptors (Lipinski definition) is 4. The summed E-state index contributed by atoms with van der Waals surface area (Å²) in [4.78, 5) is 21.8. The van der Waals surface area contributed by atoms with Gasteiger partial charge < -0.3 is 15.4 Å².